The molecule has 1 unspecified atom stereocenters. The standard InChI is InChI=1S/C9H12O2.Na/c1-7-3-5-9(2,6-4-7)8(10)11;/h3-5H,6H2,1-2H3,(H,10,11);/q;+1/p-1. The van der Waals surface area contributed by atoms with E-state index in [4.69, 9.17) is 0 Å². The van der Waals surface area contributed by atoms with Crippen LogP contribution in [-0.4, -0.2) is 5.97 Å². The summed E-state index contributed by atoms with van der Waals surface area (Å²) in [5.74, 6) is -1.00. The summed E-state index contributed by atoms with van der Waals surface area (Å²) in [6, 6.07) is 0. The Morgan fingerprint density at radius 3 is 2.58 bits per heavy atom. The first kappa shape index (κ1) is 11.9. The van der Waals surface area contributed by atoms with Gasteiger partial charge in [0.2, 0.25) is 0 Å². The number of rotatable bonds is 1. The van der Waals surface area contributed by atoms with E-state index in [0.29, 0.717) is 6.42 Å². The van der Waals surface area contributed by atoms with Crippen molar-refractivity contribution in [2.45, 2.75) is 20.3 Å². The first-order chi connectivity index (χ1) is 5.04. The van der Waals surface area contributed by atoms with Gasteiger partial charge in [-0.1, -0.05) is 30.7 Å². The third-order valence-electron chi connectivity index (χ3n) is 2.03. The molecule has 0 fully saturated rings. The average Bonchev–Trinajstić information content (AvgIpc) is 1.95. The first-order valence-electron chi connectivity index (χ1n) is 3.62. The molecule has 0 aromatic carbocycles. The second kappa shape index (κ2) is 4.26. The van der Waals surface area contributed by atoms with Gasteiger partial charge in [-0.2, -0.15) is 0 Å². The monoisotopic (exact) mass is 174 g/mol. The first-order valence-corrected chi connectivity index (χ1v) is 3.62. The summed E-state index contributed by atoms with van der Waals surface area (Å²) in [7, 11) is 0. The minimum atomic E-state index is -1.00. The molecule has 1 aliphatic rings. The zero-order chi connectivity index (χ0) is 8.48. The van der Waals surface area contributed by atoms with Crippen molar-refractivity contribution in [3.05, 3.63) is 23.8 Å². The average molecular weight is 174 g/mol. The van der Waals surface area contributed by atoms with Crippen LogP contribution < -0.4 is 34.7 Å². The third kappa shape index (κ3) is 2.47. The van der Waals surface area contributed by atoms with Gasteiger partial charge in [-0.3, -0.25) is 0 Å². The van der Waals surface area contributed by atoms with Crippen LogP contribution >= 0.6 is 0 Å². The van der Waals surface area contributed by atoms with Gasteiger partial charge in [-0.05, 0) is 13.3 Å². The van der Waals surface area contributed by atoms with Crippen LogP contribution in [0.1, 0.15) is 20.3 Å². The van der Waals surface area contributed by atoms with Crippen molar-refractivity contribution in [1.29, 1.82) is 0 Å². The number of allylic oxidation sites excluding steroid dienone is 3. The molecule has 0 N–H and O–H groups in total. The van der Waals surface area contributed by atoms with E-state index in [1.165, 1.54) is 0 Å². The second-order valence-corrected chi connectivity index (χ2v) is 3.19. The minimum Gasteiger partial charge on any atom is -0.549 e. The van der Waals surface area contributed by atoms with Gasteiger partial charge in [-0.15, -0.1) is 0 Å². The fraction of sp³-hybridized carbons (Fsp3) is 0.444. The fourth-order valence-electron chi connectivity index (χ4n) is 0.976. The van der Waals surface area contributed by atoms with Crippen LogP contribution in [0.4, 0.5) is 0 Å². The number of carbonyl (C=O) groups is 1. The normalized spacial score (nSPS) is 27.3. The zero-order valence-electron chi connectivity index (χ0n) is 7.76. The summed E-state index contributed by atoms with van der Waals surface area (Å²) in [4.78, 5) is 10.6. The molecule has 0 aliphatic heterocycles. The van der Waals surface area contributed by atoms with E-state index in [-0.39, 0.29) is 29.6 Å². The molecule has 0 aromatic heterocycles. The van der Waals surface area contributed by atoms with Crippen LogP contribution in [0.2, 0.25) is 0 Å². The number of carboxylic acids is 1. The predicted octanol–water partition coefficient (Wildman–Crippen LogP) is -2.35. The van der Waals surface area contributed by atoms with Gasteiger partial charge in [0.15, 0.2) is 0 Å². The Balaban J connectivity index is 0.00000121. The molecule has 1 aliphatic carbocycles. The number of hydrogen-bond donors (Lipinski definition) is 0. The van der Waals surface area contributed by atoms with Crippen LogP contribution in [0, 0.1) is 5.41 Å². The van der Waals surface area contributed by atoms with E-state index in [0.717, 1.165) is 5.57 Å². The largest absolute Gasteiger partial charge is 1.00 e. The van der Waals surface area contributed by atoms with E-state index in [9.17, 15) is 9.90 Å². The van der Waals surface area contributed by atoms with Crippen LogP contribution in [0.15, 0.2) is 23.8 Å². The molecule has 0 radical (unpaired) electrons. The van der Waals surface area contributed by atoms with Gasteiger partial charge in [-0.25, -0.2) is 0 Å². The Morgan fingerprint density at radius 1 is 1.67 bits per heavy atom. The summed E-state index contributed by atoms with van der Waals surface area (Å²) in [5, 5.41) is 10.6. The van der Waals surface area contributed by atoms with Crippen LogP contribution in [0.5, 0.6) is 0 Å². The van der Waals surface area contributed by atoms with Gasteiger partial charge in [0.25, 0.3) is 0 Å². The van der Waals surface area contributed by atoms with E-state index in [1.807, 2.05) is 19.1 Å². The molecule has 0 aromatic rings. The van der Waals surface area contributed by atoms with Crippen molar-refractivity contribution in [3.8, 4) is 0 Å². The van der Waals surface area contributed by atoms with E-state index < -0.39 is 11.4 Å². The summed E-state index contributed by atoms with van der Waals surface area (Å²) < 4.78 is 0. The molecule has 0 bridgehead atoms. The molecule has 1 atom stereocenters. The maximum absolute atomic E-state index is 10.6. The van der Waals surface area contributed by atoms with E-state index in [1.54, 1.807) is 13.0 Å². The number of hydrogen-bond acceptors (Lipinski definition) is 2. The molecule has 0 saturated carbocycles. The number of carbonyl (C=O) groups excluding carboxylic acids is 1. The van der Waals surface area contributed by atoms with Crippen LogP contribution in [0.3, 0.4) is 0 Å². The van der Waals surface area contributed by atoms with Gasteiger partial charge in [0.05, 0.1) is 5.97 Å². The summed E-state index contributed by atoms with van der Waals surface area (Å²) in [5.41, 5.74) is 0.322. The summed E-state index contributed by atoms with van der Waals surface area (Å²) >= 11 is 0. The molecule has 60 valence electrons. The van der Waals surface area contributed by atoms with Gasteiger partial charge in [0, 0.05) is 5.41 Å². The smallest absolute Gasteiger partial charge is 0.549 e. The molecule has 0 saturated heterocycles. The maximum Gasteiger partial charge on any atom is 1.00 e. The Hall–Kier alpha value is -0.0500. The van der Waals surface area contributed by atoms with Crippen molar-refractivity contribution in [3.63, 3.8) is 0 Å². The molecule has 1 rings (SSSR count). The fourth-order valence-corrected chi connectivity index (χ4v) is 0.976. The summed E-state index contributed by atoms with van der Waals surface area (Å²) in [6.45, 7) is 3.62. The third-order valence-corrected chi connectivity index (χ3v) is 2.03. The molecule has 0 spiro atoms. The molecule has 3 heteroatoms. The Labute approximate surface area is 94.6 Å². The molecule has 0 amide bonds. The Morgan fingerprint density at radius 2 is 2.25 bits per heavy atom. The van der Waals surface area contributed by atoms with E-state index in [2.05, 4.69) is 0 Å². The van der Waals surface area contributed by atoms with Gasteiger partial charge in [0.1, 0.15) is 0 Å². The van der Waals surface area contributed by atoms with Gasteiger partial charge >= 0.3 is 29.6 Å². The number of carboxylic acid groups (broad SMARTS) is 1. The van der Waals surface area contributed by atoms with Crippen LogP contribution in [-0.2, 0) is 4.79 Å². The SMILES string of the molecule is CC1=CCC(C)(C(=O)[O-])C=C1.[Na+]. The van der Waals surface area contributed by atoms with E-state index >= 15 is 0 Å². The van der Waals surface area contributed by atoms with Crippen molar-refractivity contribution in [2.75, 3.05) is 0 Å². The van der Waals surface area contributed by atoms with Crippen molar-refractivity contribution in [2.24, 2.45) is 5.41 Å². The Bertz CT molecular complexity index is 243. The second-order valence-electron chi connectivity index (χ2n) is 3.19. The molecule has 12 heavy (non-hydrogen) atoms. The maximum atomic E-state index is 10.6. The predicted molar refractivity (Wildman–Crippen MR) is 40.6 cm³/mol. The zero-order valence-corrected chi connectivity index (χ0v) is 9.76. The quantitative estimate of drug-likeness (QED) is 0.418. The molecule has 0 heterocycles. The molecule has 2 nitrogen and oxygen atoms in total. The number of aliphatic carboxylic acids is 1. The molecular formula is C9H11NaO2. The van der Waals surface area contributed by atoms with Crippen LogP contribution in [0.25, 0.3) is 0 Å². The molecular weight excluding hydrogens is 163 g/mol. The van der Waals surface area contributed by atoms with Gasteiger partial charge < -0.3 is 9.90 Å². The van der Waals surface area contributed by atoms with Crippen molar-refractivity contribution in [1.82, 2.24) is 0 Å². The topological polar surface area (TPSA) is 40.1 Å². The Kier molecular flexibility index (Phi) is 4.24. The van der Waals surface area contributed by atoms with Crippen molar-refractivity contribution >= 4 is 5.97 Å². The summed E-state index contributed by atoms with van der Waals surface area (Å²) in [6.07, 6.45) is 5.96. The minimum absolute atomic E-state index is 0. The van der Waals surface area contributed by atoms with Crippen molar-refractivity contribution < 1.29 is 39.5 Å².